The summed E-state index contributed by atoms with van der Waals surface area (Å²) in [5.74, 6) is 0.0832. The second kappa shape index (κ2) is 8.67. The topological polar surface area (TPSA) is 88.6 Å². The zero-order valence-electron chi connectivity index (χ0n) is 10.1. The van der Waals surface area contributed by atoms with E-state index in [-0.39, 0.29) is 47.7 Å². The Balaban J connectivity index is 0.00000289. The summed E-state index contributed by atoms with van der Waals surface area (Å²) in [5.41, 5.74) is 1.10. The molecule has 0 N–H and O–H groups in total. The molecule has 0 aliphatic heterocycles. The second-order valence-corrected chi connectivity index (χ2v) is 6.00. The molecule has 0 amide bonds. The molecule has 0 saturated heterocycles. The minimum Gasteiger partial charge on any atom is -0.723 e. The maximum atomic E-state index is 11.4. The summed E-state index contributed by atoms with van der Waals surface area (Å²) in [7, 11) is -3.57. The van der Waals surface area contributed by atoms with E-state index >= 15 is 0 Å². The third kappa shape index (κ3) is 6.13. The predicted molar refractivity (Wildman–Crippen MR) is 67.1 cm³/mol. The largest absolute Gasteiger partial charge is 1.00 e. The Morgan fingerprint density at radius 3 is 2.67 bits per heavy atom. The molecule has 0 radical (unpaired) electrons. The quantitative estimate of drug-likeness (QED) is 0.130. The molecule has 0 unspecified atom stereocenters. The van der Waals surface area contributed by atoms with Gasteiger partial charge in [-0.2, -0.15) is 8.42 Å². The number of nitrogens with zero attached hydrogens (tertiary/aromatic N) is 1. The Bertz CT molecular complexity index is 482. The molecule has 6 nitrogen and oxygen atoms in total. The molecule has 0 bridgehead atoms. The minimum atomic E-state index is -3.57. The molecule has 0 aromatic carbocycles. The average Bonchev–Trinajstić information content (AvgIpc) is 2.21. The number of aryl methyl sites for hydroxylation is 1. The van der Waals surface area contributed by atoms with Crippen LogP contribution in [0.15, 0.2) is 12.3 Å². The molecule has 0 atom stereocenters. The van der Waals surface area contributed by atoms with Crippen LogP contribution in [0.1, 0.15) is 11.3 Å². The smallest absolute Gasteiger partial charge is 0.723 e. The van der Waals surface area contributed by atoms with Gasteiger partial charge >= 0.3 is 39.7 Å². The third-order valence-corrected chi connectivity index (χ3v) is 4.33. The van der Waals surface area contributed by atoms with Crippen LogP contribution in [0.4, 0.5) is 0 Å². The molecule has 0 spiro atoms. The number of hydrogen-bond donors (Lipinski definition) is 0. The molecule has 96 valence electrons. The van der Waals surface area contributed by atoms with Crippen molar-refractivity contribution in [3.63, 3.8) is 0 Å². The maximum Gasteiger partial charge on any atom is 1.00 e. The van der Waals surface area contributed by atoms with Crippen LogP contribution < -0.4 is 39.0 Å². The van der Waals surface area contributed by atoms with E-state index in [0.29, 0.717) is 15.7 Å². The summed E-state index contributed by atoms with van der Waals surface area (Å²) in [5, 5.41) is 9.98. The van der Waals surface area contributed by atoms with Crippen LogP contribution in [0.3, 0.4) is 0 Å². The minimum absolute atomic E-state index is 0. The van der Waals surface area contributed by atoms with Crippen LogP contribution in [0.5, 0.6) is 5.75 Å². The molecule has 1 heterocycles. The van der Waals surface area contributed by atoms with Gasteiger partial charge in [0.2, 0.25) is 0 Å². The van der Waals surface area contributed by atoms with E-state index in [0.717, 1.165) is 0 Å². The van der Waals surface area contributed by atoms with E-state index in [9.17, 15) is 13.7 Å². The van der Waals surface area contributed by atoms with Crippen LogP contribution in [0.2, 0.25) is 0 Å². The summed E-state index contributed by atoms with van der Waals surface area (Å²) >= 11 is 1.95. The Labute approximate surface area is 142 Å². The molecule has 0 fully saturated rings. The average molecular weight is 395 g/mol. The summed E-state index contributed by atoms with van der Waals surface area (Å²) in [4.78, 5) is 7.61. The van der Waals surface area contributed by atoms with Crippen molar-refractivity contribution < 1.29 is 52.3 Å². The van der Waals surface area contributed by atoms with Crippen molar-refractivity contribution in [3.05, 3.63) is 23.5 Å². The van der Waals surface area contributed by atoms with Gasteiger partial charge in [-0.05, 0) is 18.6 Å². The Morgan fingerprint density at radius 2 is 2.17 bits per heavy atom. The molecule has 9 heteroatoms. The molecule has 1 aromatic heterocycles. The normalized spacial score (nSPS) is 10.8. The number of halogens is 1. The van der Waals surface area contributed by atoms with E-state index in [1.54, 1.807) is 6.92 Å². The van der Waals surface area contributed by atoms with Crippen LogP contribution in [0, 0.1) is 6.92 Å². The van der Waals surface area contributed by atoms with Gasteiger partial charge in [0.25, 0.3) is 0 Å². The van der Waals surface area contributed by atoms with Gasteiger partial charge in [0.15, 0.2) is 5.75 Å². The van der Waals surface area contributed by atoms with Gasteiger partial charge in [0, 0.05) is 4.43 Å². The monoisotopic (exact) mass is 395 g/mol. The van der Waals surface area contributed by atoms with E-state index < -0.39 is 10.1 Å². The van der Waals surface area contributed by atoms with E-state index in [1.807, 2.05) is 22.6 Å². The molecular weight excluding hydrogens is 384 g/mol. The van der Waals surface area contributed by atoms with Crippen LogP contribution in [0.25, 0.3) is 0 Å². The first-order valence-corrected chi connectivity index (χ1v) is 7.77. The van der Waals surface area contributed by atoms with Gasteiger partial charge in [-0.1, -0.05) is 22.6 Å². The van der Waals surface area contributed by atoms with Crippen molar-refractivity contribution in [2.24, 2.45) is 0 Å². The Morgan fingerprint density at radius 1 is 1.50 bits per heavy atom. The first-order valence-electron chi connectivity index (χ1n) is 4.67. The van der Waals surface area contributed by atoms with Crippen molar-refractivity contribution >= 4 is 32.7 Å². The first-order chi connectivity index (χ1) is 7.98. The molecule has 0 aliphatic rings. The Hall–Kier alpha value is 0.550. The summed E-state index contributed by atoms with van der Waals surface area (Å²) in [6, 6.07) is 1.51. The number of rotatable bonds is 6. The first kappa shape index (κ1) is 18.6. The number of alkyl halides is 1. The second-order valence-electron chi connectivity index (χ2n) is 3.23. The van der Waals surface area contributed by atoms with Crippen LogP contribution in [-0.4, -0.2) is 23.6 Å². The van der Waals surface area contributed by atoms with E-state index in [4.69, 9.17) is 4.18 Å². The van der Waals surface area contributed by atoms with E-state index in [1.165, 1.54) is 12.3 Å². The molecule has 0 aliphatic carbocycles. The van der Waals surface area contributed by atoms with E-state index in [2.05, 4.69) is 9.87 Å². The number of aromatic nitrogens is 1. The zero-order valence-corrected chi connectivity index (χ0v) is 15.0. The van der Waals surface area contributed by atoms with Crippen molar-refractivity contribution in [3.8, 4) is 5.75 Å². The fourth-order valence-electron chi connectivity index (χ4n) is 1.11. The fourth-order valence-corrected chi connectivity index (χ4v) is 3.39. The zero-order chi connectivity index (χ0) is 12.9. The van der Waals surface area contributed by atoms with Gasteiger partial charge in [-0.3, -0.25) is 4.98 Å². The predicted octanol–water partition coefficient (Wildman–Crippen LogP) is -2.67. The van der Waals surface area contributed by atoms with Crippen LogP contribution >= 0.6 is 22.6 Å². The summed E-state index contributed by atoms with van der Waals surface area (Å²) < 4.78 is 28.1. The maximum absolute atomic E-state index is 11.4. The van der Waals surface area contributed by atoms with Gasteiger partial charge in [-0.25, -0.2) is 0 Å². The molecule has 1 aromatic rings. The molecule has 1 rings (SSSR count). The number of pyridine rings is 1. The van der Waals surface area contributed by atoms with Crippen molar-refractivity contribution in [2.45, 2.75) is 13.5 Å². The summed E-state index contributed by atoms with van der Waals surface area (Å²) in [6.07, 6.45) is 1.26. The van der Waals surface area contributed by atoms with Crippen molar-refractivity contribution in [1.82, 2.24) is 4.98 Å². The van der Waals surface area contributed by atoms with Gasteiger partial charge in [0.1, 0.15) is 0 Å². The molecular formula is C9H11INNaO5S. The summed E-state index contributed by atoms with van der Waals surface area (Å²) in [6.45, 7) is 1.53. The SMILES string of the molecule is Cc1cc(OS(=O)(=O)CCI)cnc1CO[O-].[Na+]. The third-order valence-electron chi connectivity index (χ3n) is 1.91. The van der Waals surface area contributed by atoms with Gasteiger partial charge < -0.3 is 14.3 Å². The van der Waals surface area contributed by atoms with Crippen LogP contribution in [-0.2, 0) is 21.6 Å². The van der Waals surface area contributed by atoms with Crippen molar-refractivity contribution in [2.75, 3.05) is 10.2 Å². The van der Waals surface area contributed by atoms with Gasteiger partial charge in [-0.15, -0.1) is 0 Å². The molecule has 18 heavy (non-hydrogen) atoms. The fraction of sp³-hybridized carbons (Fsp3) is 0.444. The standard InChI is InChI=1S/C9H12INO5S.Na/c1-7-4-8(5-11-9(7)6-15-12)16-17(13,14)3-2-10;/h4-5,12H,2-3,6H2,1H3;/q;+1/p-1. The Kier molecular flexibility index (Phi) is 8.93. The molecule has 0 saturated carbocycles. The van der Waals surface area contributed by atoms with Crippen molar-refractivity contribution in [1.29, 1.82) is 0 Å². The van der Waals surface area contributed by atoms with Gasteiger partial charge in [0.05, 0.1) is 24.3 Å². The number of hydrogen-bond acceptors (Lipinski definition) is 6.